The van der Waals surface area contributed by atoms with Gasteiger partial charge in [-0.2, -0.15) is 0 Å². The molecule has 1 atom stereocenters. The van der Waals surface area contributed by atoms with Crippen LogP contribution in [-0.2, 0) is 15.1 Å². The summed E-state index contributed by atoms with van der Waals surface area (Å²) >= 11 is 0. The summed E-state index contributed by atoms with van der Waals surface area (Å²) in [6.07, 6.45) is 1.40. The van der Waals surface area contributed by atoms with Gasteiger partial charge in [-0.3, -0.25) is 19.3 Å². The fourth-order valence-electron chi connectivity index (χ4n) is 2.80. The maximum Gasteiger partial charge on any atom is 0.325 e. The fraction of sp³-hybridized carbons (Fsp3) is 0.222. The highest BCUT2D eigenvalue weighted by Crippen LogP contribution is 2.28. The summed E-state index contributed by atoms with van der Waals surface area (Å²) in [7, 11) is 1.50. The van der Waals surface area contributed by atoms with Crippen LogP contribution < -0.4 is 16.0 Å². The predicted octanol–water partition coefficient (Wildman–Crippen LogP) is 1.04. The van der Waals surface area contributed by atoms with Crippen molar-refractivity contribution >= 4 is 29.4 Å². The molecule has 1 fully saturated rings. The van der Waals surface area contributed by atoms with Crippen molar-refractivity contribution in [3.63, 3.8) is 0 Å². The second-order valence-electron chi connectivity index (χ2n) is 6.13. The Bertz CT molecular complexity index is 908. The van der Waals surface area contributed by atoms with E-state index in [1.165, 1.54) is 26.3 Å². The Morgan fingerprint density at radius 2 is 2.00 bits per heavy atom. The Hall–Kier alpha value is -3.62. The minimum atomic E-state index is -1.36. The van der Waals surface area contributed by atoms with Crippen molar-refractivity contribution < 1.29 is 23.6 Å². The number of carbonyl (C=O) groups excluding carboxylic acids is 4. The zero-order valence-corrected chi connectivity index (χ0v) is 14.7. The molecule has 9 nitrogen and oxygen atoms in total. The number of anilines is 1. The Morgan fingerprint density at radius 1 is 1.22 bits per heavy atom. The molecule has 5 amide bonds. The second kappa shape index (κ2) is 6.94. The molecule has 0 unspecified atom stereocenters. The van der Waals surface area contributed by atoms with E-state index in [1.807, 2.05) is 0 Å². The molecule has 0 radical (unpaired) electrons. The molecule has 9 heteroatoms. The molecule has 3 rings (SSSR count). The van der Waals surface area contributed by atoms with Crippen LogP contribution in [0.1, 0.15) is 23.0 Å². The van der Waals surface area contributed by atoms with Crippen molar-refractivity contribution in [2.45, 2.75) is 12.5 Å². The van der Waals surface area contributed by atoms with Gasteiger partial charge in [0.2, 0.25) is 5.91 Å². The average Bonchev–Trinajstić information content (AvgIpc) is 3.26. The highest BCUT2D eigenvalue weighted by atomic mass is 16.3. The van der Waals surface area contributed by atoms with E-state index in [0.29, 0.717) is 11.3 Å². The highest BCUT2D eigenvalue weighted by Gasteiger charge is 2.51. The number of rotatable bonds is 5. The van der Waals surface area contributed by atoms with Crippen LogP contribution in [0.3, 0.4) is 0 Å². The number of hydrogen-bond donors (Lipinski definition) is 3. The third-order valence-corrected chi connectivity index (χ3v) is 4.23. The van der Waals surface area contributed by atoms with Gasteiger partial charge >= 0.3 is 6.03 Å². The van der Waals surface area contributed by atoms with Crippen LogP contribution in [0.2, 0.25) is 0 Å². The van der Waals surface area contributed by atoms with E-state index in [1.54, 1.807) is 30.3 Å². The van der Waals surface area contributed by atoms with E-state index in [2.05, 4.69) is 16.0 Å². The molecule has 3 N–H and O–H groups in total. The largest absolute Gasteiger partial charge is 0.466 e. The number of nitrogens with zero attached hydrogens (tertiary/aromatic N) is 1. The van der Waals surface area contributed by atoms with E-state index >= 15 is 0 Å². The topological polar surface area (TPSA) is 121 Å². The molecular formula is C18H18N4O5. The zero-order chi connectivity index (χ0) is 19.6. The first-order valence-electron chi connectivity index (χ1n) is 8.15. The normalized spacial score (nSPS) is 19.0. The summed E-state index contributed by atoms with van der Waals surface area (Å²) < 4.78 is 5.23. The number of urea groups is 1. The van der Waals surface area contributed by atoms with Crippen molar-refractivity contribution in [3.8, 4) is 0 Å². The van der Waals surface area contributed by atoms with Gasteiger partial charge in [-0.1, -0.05) is 6.07 Å². The lowest BCUT2D eigenvalue weighted by molar-refractivity contribution is -0.134. The molecule has 2 aromatic rings. The molecular weight excluding hydrogens is 352 g/mol. The quantitative estimate of drug-likeness (QED) is 0.679. The van der Waals surface area contributed by atoms with Gasteiger partial charge in [0.25, 0.3) is 11.8 Å². The van der Waals surface area contributed by atoms with Crippen molar-refractivity contribution in [2.75, 3.05) is 18.9 Å². The van der Waals surface area contributed by atoms with Gasteiger partial charge in [0.05, 0.1) is 6.26 Å². The van der Waals surface area contributed by atoms with E-state index in [9.17, 15) is 19.2 Å². The van der Waals surface area contributed by atoms with Gasteiger partial charge in [0.15, 0.2) is 5.54 Å². The molecule has 0 bridgehead atoms. The third-order valence-electron chi connectivity index (χ3n) is 4.23. The molecule has 1 aromatic heterocycles. The zero-order valence-electron chi connectivity index (χ0n) is 14.7. The van der Waals surface area contributed by atoms with Crippen LogP contribution in [0, 0.1) is 0 Å². The van der Waals surface area contributed by atoms with Gasteiger partial charge in [0, 0.05) is 18.3 Å². The van der Waals surface area contributed by atoms with Crippen LogP contribution >= 0.6 is 0 Å². The lowest BCUT2D eigenvalue weighted by Crippen LogP contribution is -2.41. The molecule has 27 heavy (non-hydrogen) atoms. The van der Waals surface area contributed by atoms with Gasteiger partial charge in [-0.15, -0.1) is 0 Å². The molecule has 140 valence electrons. The third kappa shape index (κ3) is 3.39. The van der Waals surface area contributed by atoms with Crippen LogP contribution in [0.25, 0.3) is 0 Å². The van der Waals surface area contributed by atoms with Crippen LogP contribution in [0.15, 0.2) is 47.1 Å². The maximum atomic E-state index is 12.7. The number of hydrogen-bond acceptors (Lipinski definition) is 5. The number of benzene rings is 1. The first-order chi connectivity index (χ1) is 12.8. The van der Waals surface area contributed by atoms with E-state index in [-0.39, 0.29) is 11.7 Å². The van der Waals surface area contributed by atoms with E-state index in [4.69, 9.17) is 4.42 Å². The summed E-state index contributed by atoms with van der Waals surface area (Å²) in [6.45, 7) is 1.04. The Kier molecular flexibility index (Phi) is 4.68. The summed E-state index contributed by atoms with van der Waals surface area (Å²) in [5, 5.41) is 7.61. The molecule has 0 saturated carbocycles. The Labute approximate surface area is 154 Å². The molecule has 1 aromatic carbocycles. The second-order valence-corrected chi connectivity index (χ2v) is 6.13. The maximum absolute atomic E-state index is 12.7. The van der Waals surface area contributed by atoms with Crippen molar-refractivity contribution in [1.82, 2.24) is 15.5 Å². The number of furan rings is 1. The van der Waals surface area contributed by atoms with Crippen molar-refractivity contribution in [2.24, 2.45) is 0 Å². The molecule has 1 saturated heterocycles. The molecule has 1 aliphatic heterocycles. The predicted molar refractivity (Wildman–Crippen MR) is 94.8 cm³/mol. The summed E-state index contributed by atoms with van der Waals surface area (Å²) in [4.78, 5) is 49.6. The highest BCUT2D eigenvalue weighted by molar-refractivity contribution is 6.10. The minimum absolute atomic E-state index is 0.280. The lowest BCUT2D eigenvalue weighted by atomic mass is 9.99. The molecule has 0 aliphatic carbocycles. The number of nitrogens with one attached hydrogen (secondary N) is 3. The molecule has 0 spiro atoms. The summed E-state index contributed by atoms with van der Waals surface area (Å²) in [5.41, 5.74) is -0.613. The number of imide groups is 1. The van der Waals surface area contributed by atoms with E-state index in [0.717, 1.165) is 4.90 Å². The smallest absolute Gasteiger partial charge is 0.325 e. The lowest BCUT2D eigenvalue weighted by Gasteiger charge is -2.18. The van der Waals surface area contributed by atoms with E-state index < -0.39 is 29.9 Å². The van der Waals surface area contributed by atoms with Crippen molar-refractivity contribution in [1.29, 1.82) is 0 Å². The van der Waals surface area contributed by atoms with Gasteiger partial charge < -0.3 is 20.4 Å². The first-order valence-corrected chi connectivity index (χ1v) is 8.15. The molecule has 1 aliphatic rings. The van der Waals surface area contributed by atoms with Gasteiger partial charge in [0.1, 0.15) is 12.3 Å². The standard InChI is InChI=1S/C18H18N4O5/c1-18(13-7-4-8-27-13)16(25)22(17(26)21-18)10-14(23)20-12-6-3-5-11(9-12)15(24)19-2/h3-9H,10H2,1-2H3,(H,19,24)(H,20,23)(H,21,26)/t18-/m0/s1. The number of carbonyl (C=O) groups is 4. The molecule has 2 heterocycles. The minimum Gasteiger partial charge on any atom is -0.466 e. The van der Waals surface area contributed by atoms with Crippen LogP contribution in [0.5, 0.6) is 0 Å². The summed E-state index contributed by atoms with van der Waals surface area (Å²) in [5.74, 6) is -1.18. The van der Waals surface area contributed by atoms with Gasteiger partial charge in [-0.05, 0) is 37.3 Å². The van der Waals surface area contributed by atoms with Gasteiger partial charge in [-0.25, -0.2) is 4.79 Å². The van der Waals surface area contributed by atoms with Crippen molar-refractivity contribution in [3.05, 3.63) is 54.0 Å². The Balaban J connectivity index is 1.70. The summed E-state index contributed by atoms with van der Waals surface area (Å²) in [6, 6.07) is 8.80. The first kappa shape index (κ1) is 18.2. The Morgan fingerprint density at radius 3 is 2.67 bits per heavy atom. The SMILES string of the molecule is CNC(=O)c1cccc(NC(=O)CN2C(=O)N[C@@](C)(c3ccco3)C2=O)c1. The van der Waals surface area contributed by atoms with Crippen LogP contribution in [-0.4, -0.2) is 42.2 Å². The monoisotopic (exact) mass is 370 g/mol. The number of amides is 5. The average molecular weight is 370 g/mol. The van der Waals surface area contributed by atoms with Crippen LogP contribution in [0.4, 0.5) is 10.5 Å². The fourth-order valence-corrected chi connectivity index (χ4v) is 2.80.